The lowest BCUT2D eigenvalue weighted by Gasteiger charge is -2.33. The van der Waals surface area contributed by atoms with Gasteiger partial charge in [-0.2, -0.15) is 13.2 Å². The summed E-state index contributed by atoms with van der Waals surface area (Å²) < 4.78 is 71.1. The van der Waals surface area contributed by atoms with Gasteiger partial charge in [-0.25, -0.2) is 14.4 Å². The summed E-state index contributed by atoms with van der Waals surface area (Å²) in [7, 11) is 3.01. The third-order valence-corrected chi connectivity index (χ3v) is 8.51. The number of aromatic nitrogens is 3. The molecule has 10 nitrogen and oxygen atoms in total. The van der Waals surface area contributed by atoms with Crippen molar-refractivity contribution in [1.29, 1.82) is 5.41 Å². The van der Waals surface area contributed by atoms with Gasteiger partial charge >= 0.3 is 6.18 Å². The highest BCUT2D eigenvalue weighted by molar-refractivity contribution is 6.15. The largest absolute Gasteiger partial charge is 0.494 e. The summed E-state index contributed by atoms with van der Waals surface area (Å²) in [5.74, 6) is -1.58. The topological polar surface area (TPSA) is 134 Å². The molecule has 1 amide bonds. The molecule has 1 aromatic carbocycles. The average Bonchev–Trinajstić information content (AvgIpc) is 3.60. The number of pyridine rings is 1. The highest BCUT2D eigenvalue weighted by Gasteiger charge is 2.63. The molecule has 0 saturated heterocycles. The zero-order valence-corrected chi connectivity index (χ0v) is 24.8. The van der Waals surface area contributed by atoms with Crippen LogP contribution in [0.5, 0.6) is 5.75 Å². The highest BCUT2D eigenvalue weighted by atomic mass is 19.4. The first-order valence-corrected chi connectivity index (χ1v) is 14.4. The minimum absolute atomic E-state index is 0.00726. The van der Waals surface area contributed by atoms with Crippen molar-refractivity contribution in [3.8, 4) is 17.0 Å². The number of methoxy groups -OCH3 is 1. The molecule has 2 atom stereocenters. The standard InChI is InChI=1S/C32H30F4N6O4/c1-38-14-20-11-19(12-24(45-2)26(20)37)29(43)40-15-30(44,21-5-6-21)25-13-23-28(27(41-25)18-3-7-22(33)8-4-18)46-16-31(23,32(34,35)36)42-10-9-39-17-42/h3-4,7-14,17,21,37-38,44H,5-6,15-16H2,1-2H3,(H,40,43)/b20-14-,37-26?/t30-,31+/m1/s1. The lowest BCUT2D eigenvalue weighted by molar-refractivity contribution is -0.202. The van der Waals surface area contributed by atoms with Gasteiger partial charge in [0.2, 0.25) is 5.54 Å². The Morgan fingerprint density at radius 3 is 2.61 bits per heavy atom. The van der Waals surface area contributed by atoms with E-state index >= 15 is 13.2 Å². The van der Waals surface area contributed by atoms with Crippen LogP contribution in [0.15, 0.2) is 84.3 Å². The van der Waals surface area contributed by atoms with Gasteiger partial charge in [-0.3, -0.25) is 10.2 Å². The fourth-order valence-corrected chi connectivity index (χ4v) is 5.87. The number of nitrogens with zero attached hydrogens (tertiary/aromatic N) is 3. The number of carbonyl (C=O) groups is 1. The number of nitrogens with one attached hydrogen (secondary N) is 3. The fourth-order valence-electron chi connectivity index (χ4n) is 5.87. The smallest absolute Gasteiger partial charge is 0.419 e. The summed E-state index contributed by atoms with van der Waals surface area (Å²) in [6, 6.07) is 6.24. The van der Waals surface area contributed by atoms with E-state index in [1.165, 1.54) is 56.1 Å². The van der Waals surface area contributed by atoms with Crippen LogP contribution in [0.25, 0.3) is 11.3 Å². The van der Waals surface area contributed by atoms with E-state index in [1.54, 1.807) is 7.05 Å². The number of allylic oxidation sites excluding steroid dienone is 2. The Bertz CT molecular complexity index is 1780. The van der Waals surface area contributed by atoms with Gasteiger partial charge in [-0.15, -0.1) is 0 Å². The lowest BCUT2D eigenvalue weighted by Crippen LogP contribution is -2.50. The van der Waals surface area contributed by atoms with Gasteiger partial charge in [0.1, 0.15) is 35.2 Å². The summed E-state index contributed by atoms with van der Waals surface area (Å²) in [5.41, 5.74) is -4.11. The van der Waals surface area contributed by atoms with E-state index in [0.29, 0.717) is 18.4 Å². The summed E-state index contributed by atoms with van der Waals surface area (Å²) in [4.78, 5) is 21.9. The second kappa shape index (κ2) is 11.4. The molecule has 4 N–H and O–H groups in total. The van der Waals surface area contributed by atoms with Crippen LogP contribution in [-0.4, -0.2) is 64.7 Å². The first-order chi connectivity index (χ1) is 21.9. The number of halogens is 4. The zero-order chi connectivity index (χ0) is 32.9. The molecule has 3 aliphatic rings. The van der Waals surface area contributed by atoms with Crippen molar-refractivity contribution in [2.24, 2.45) is 5.92 Å². The molecule has 0 unspecified atom stereocenters. The van der Waals surface area contributed by atoms with E-state index in [0.717, 1.165) is 23.0 Å². The Morgan fingerprint density at radius 2 is 2.00 bits per heavy atom. The number of hydrogen-bond donors (Lipinski definition) is 4. The van der Waals surface area contributed by atoms with Crippen LogP contribution in [0.2, 0.25) is 0 Å². The van der Waals surface area contributed by atoms with Crippen molar-refractivity contribution in [3.05, 3.63) is 101 Å². The highest BCUT2D eigenvalue weighted by Crippen LogP contribution is 2.54. The average molecular weight is 639 g/mol. The summed E-state index contributed by atoms with van der Waals surface area (Å²) in [5, 5.41) is 26.0. The van der Waals surface area contributed by atoms with Gasteiger partial charge in [-0.05, 0) is 61.2 Å². The minimum atomic E-state index is -4.87. The van der Waals surface area contributed by atoms with Gasteiger partial charge in [-0.1, -0.05) is 0 Å². The first-order valence-electron chi connectivity index (χ1n) is 14.4. The van der Waals surface area contributed by atoms with E-state index in [9.17, 15) is 14.3 Å². The molecule has 2 aliphatic carbocycles. The second-order valence-corrected chi connectivity index (χ2v) is 11.3. The van der Waals surface area contributed by atoms with Crippen molar-refractivity contribution >= 4 is 11.6 Å². The van der Waals surface area contributed by atoms with E-state index < -0.39 is 41.6 Å². The zero-order valence-electron chi connectivity index (χ0n) is 24.8. The molecule has 3 heterocycles. The third kappa shape index (κ3) is 5.11. The first kappa shape index (κ1) is 31.0. The number of fused-ring (bicyclic) bond motifs is 1. The van der Waals surface area contributed by atoms with Crippen LogP contribution < -0.4 is 15.4 Å². The Kier molecular flexibility index (Phi) is 7.71. The molecule has 0 bridgehead atoms. The lowest BCUT2D eigenvalue weighted by atomic mass is 9.85. The van der Waals surface area contributed by atoms with Crippen molar-refractivity contribution in [3.63, 3.8) is 0 Å². The minimum Gasteiger partial charge on any atom is -0.494 e. The normalized spacial score (nSPS) is 21.5. The Labute approximate surface area is 261 Å². The van der Waals surface area contributed by atoms with Crippen molar-refractivity contribution < 1.29 is 36.9 Å². The molecule has 1 saturated carbocycles. The maximum Gasteiger partial charge on any atom is 0.419 e. The number of amides is 1. The summed E-state index contributed by atoms with van der Waals surface area (Å²) in [6.07, 6.45) is 4.09. The molecule has 46 heavy (non-hydrogen) atoms. The van der Waals surface area contributed by atoms with Crippen LogP contribution >= 0.6 is 0 Å². The number of ether oxygens (including phenoxy) is 2. The number of aliphatic hydroxyl groups is 1. The number of carbonyl (C=O) groups excluding carboxylic acids is 1. The molecule has 14 heteroatoms. The molecule has 6 rings (SSSR count). The second-order valence-electron chi connectivity index (χ2n) is 11.3. The molecular formula is C32H30F4N6O4. The van der Waals surface area contributed by atoms with Crippen LogP contribution in [0, 0.1) is 17.1 Å². The van der Waals surface area contributed by atoms with Crippen molar-refractivity contribution in [1.82, 2.24) is 25.2 Å². The Balaban J connectivity index is 1.45. The van der Waals surface area contributed by atoms with E-state index in [-0.39, 0.29) is 51.9 Å². The number of imidazole rings is 1. The van der Waals surface area contributed by atoms with Crippen LogP contribution in [0.4, 0.5) is 17.6 Å². The third-order valence-electron chi connectivity index (χ3n) is 8.51. The van der Waals surface area contributed by atoms with Gasteiger partial charge < -0.3 is 29.8 Å². The maximum atomic E-state index is 15.1. The molecule has 0 spiro atoms. The predicted octanol–water partition coefficient (Wildman–Crippen LogP) is 4.09. The molecular weight excluding hydrogens is 608 g/mol. The Hall–Kier alpha value is -4.98. The maximum absolute atomic E-state index is 15.1. The van der Waals surface area contributed by atoms with Crippen LogP contribution in [0.1, 0.15) is 24.1 Å². The monoisotopic (exact) mass is 638 g/mol. The van der Waals surface area contributed by atoms with Gasteiger partial charge in [0, 0.05) is 47.9 Å². The molecule has 0 radical (unpaired) electrons. The van der Waals surface area contributed by atoms with Crippen molar-refractivity contribution in [2.75, 3.05) is 27.3 Å². The van der Waals surface area contributed by atoms with E-state index in [2.05, 4.69) is 20.6 Å². The number of benzene rings is 1. The molecule has 1 fully saturated rings. The fraction of sp³-hybridized carbons (Fsp3) is 0.312. The van der Waals surface area contributed by atoms with Gasteiger partial charge in [0.25, 0.3) is 5.91 Å². The quantitative estimate of drug-likeness (QED) is 0.260. The van der Waals surface area contributed by atoms with E-state index in [1.807, 2.05) is 0 Å². The SMILES string of the molecule is CN/C=C1/C=C(C(=O)NC[C@](O)(c2cc3c(c(-c4ccc(F)cc4)n2)OC[C@@]3(n2ccnc2)C(F)(F)F)C2CC2)C=C(OC)C1=N. The Morgan fingerprint density at radius 1 is 1.26 bits per heavy atom. The van der Waals surface area contributed by atoms with Gasteiger partial charge in [0.15, 0.2) is 5.75 Å². The number of rotatable bonds is 9. The van der Waals surface area contributed by atoms with Gasteiger partial charge in [0.05, 0.1) is 25.7 Å². The predicted molar refractivity (Wildman–Crippen MR) is 158 cm³/mol. The number of hydrogen-bond acceptors (Lipinski definition) is 8. The molecule has 1 aliphatic heterocycles. The number of alkyl halides is 3. The summed E-state index contributed by atoms with van der Waals surface area (Å²) >= 11 is 0. The van der Waals surface area contributed by atoms with E-state index in [4.69, 9.17) is 14.9 Å². The van der Waals surface area contributed by atoms with Crippen LogP contribution in [0.3, 0.4) is 0 Å². The summed E-state index contributed by atoms with van der Waals surface area (Å²) in [6.45, 7) is -1.20. The van der Waals surface area contributed by atoms with Crippen molar-refractivity contribution in [2.45, 2.75) is 30.2 Å². The van der Waals surface area contributed by atoms with Crippen LogP contribution in [-0.2, 0) is 20.7 Å². The molecule has 3 aromatic rings. The molecule has 240 valence electrons. The molecule has 2 aromatic heterocycles.